The van der Waals surface area contributed by atoms with Crippen molar-refractivity contribution in [1.82, 2.24) is 14.9 Å². The molecule has 2 heterocycles. The minimum absolute atomic E-state index is 0. The van der Waals surface area contributed by atoms with Gasteiger partial charge >= 0.3 is 0 Å². The molecule has 164 valence electrons. The zero-order chi connectivity index (χ0) is 19.6. The van der Waals surface area contributed by atoms with Crippen molar-refractivity contribution in [2.45, 2.75) is 56.7 Å². The second kappa shape index (κ2) is 10.00. The van der Waals surface area contributed by atoms with Gasteiger partial charge in [0.15, 0.2) is 5.96 Å². The van der Waals surface area contributed by atoms with Crippen LogP contribution in [0.15, 0.2) is 27.8 Å². The lowest BCUT2D eigenvalue weighted by Gasteiger charge is -2.29. The maximum absolute atomic E-state index is 12.4. The van der Waals surface area contributed by atoms with Gasteiger partial charge in [0.05, 0.1) is 11.5 Å². The molecule has 2 N–H and O–H groups in total. The molecule has 0 spiro atoms. The van der Waals surface area contributed by atoms with Crippen molar-refractivity contribution in [2.24, 2.45) is 16.8 Å². The topological polar surface area (TPSA) is 86.9 Å². The first-order chi connectivity index (χ1) is 13.5. The Labute approximate surface area is 191 Å². The second-order valence-electron chi connectivity index (χ2n) is 8.36. The van der Waals surface area contributed by atoms with E-state index in [1.807, 2.05) is 19.1 Å². The highest BCUT2D eigenvalue weighted by molar-refractivity contribution is 14.0. The second-order valence-corrected chi connectivity index (χ2v) is 10.4. The van der Waals surface area contributed by atoms with Crippen LogP contribution in [0.1, 0.15) is 44.8 Å². The molecular formula is C20H33IN4O3S. The summed E-state index contributed by atoms with van der Waals surface area (Å²) in [5.41, 5.74) is 0. The fourth-order valence-electron chi connectivity index (χ4n) is 5.04. The Morgan fingerprint density at radius 1 is 1.31 bits per heavy atom. The number of nitrogens with zero attached hydrogens (tertiary/aromatic N) is 2. The predicted molar refractivity (Wildman–Crippen MR) is 125 cm³/mol. The molecule has 1 aliphatic heterocycles. The summed E-state index contributed by atoms with van der Waals surface area (Å²) in [5.74, 6) is 3.40. The zero-order valence-electron chi connectivity index (χ0n) is 17.0. The van der Waals surface area contributed by atoms with Crippen LogP contribution in [0.2, 0.25) is 0 Å². The summed E-state index contributed by atoms with van der Waals surface area (Å²) in [6.07, 6.45) is 8.29. The molecular weight excluding hydrogens is 503 g/mol. The quantitative estimate of drug-likeness (QED) is 0.318. The molecule has 3 aliphatic rings. The number of hydrogen-bond donors (Lipinski definition) is 2. The first-order valence-corrected chi connectivity index (χ1v) is 12.2. The summed E-state index contributed by atoms with van der Waals surface area (Å²) in [5, 5.41) is 3.33. The summed E-state index contributed by atoms with van der Waals surface area (Å²) < 4.78 is 32.9. The summed E-state index contributed by atoms with van der Waals surface area (Å²) >= 11 is 0. The van der Waals surface area contributed by atoms with E-state index in [0.29, 0.717) is 32.1 Å². The largest absolute Gasteiger partial charge is 0.469 e. The molecule has 1 aromatic heterocycles. The number of guanidine groups is 1. The lowest BCUT2D eigenvalue weighted by atomic mass is 9.95. The van der Waals surface area contributed by atoms with Gasteiger partial charge in [-0.05, 0) is 49.7 Å². The lowest BCUT2D eigenvalue weighted by molar-refractivity contribution is 0.370. The van der Waals surface area contributed by atoms with Crippen LogP contribution in [0.4, 0.5) is 0 Å². The molecule has 0 radical (unpaired) electrons. The molecule has 1 aromatic rings. The van der Waals surface area contributed by atoms with Crippen LogP contribution < -0.4 is 10.0 Å². The first-order valence-electron chi connectivity index (χ1n) is 10.6. The van der Waals surface area contributed by atoms with Gasteiger partial charge in [-0.3, -0.25) is 4.99 Å². The van der Waals surface area contributed by atoms with E-state index >= 15 is 0 Å². The minimum Gasteiger partial charge on any atom is -0.469 e. The van der Waals surface area contributed by atoms with Crippen LogP contribution in [0.25, 0.3) is 0 Å². The van der Waals surface area contributed by atoms with E-state index in [4.69, 9.17) is 9.41 Å². The number of likely N-dealkylation sites (tertiary alicyclic amines) is 1. The van der Waals surface area contributed by atoms with Gasteiger partial charge in [-0.1, -0.05) is 13.3 Å². The molecule has 4 unspecified atom stereocenters. The van der Waals surface area contributed by atoms with Gasteiger partial charge in [-0.2, -0.15) is 0 Å². The van der Waals surface area contributed by atoms with E-state index in [0.717, 1.165) is 36.5 Å². The summed E-state index contributed by atoms with van der Waals surface area (Å²) in [4.78, 5) is 6.98. The van der Waals surface area contributed by atoms with E-state index < -0.39 is 10.0 Å². The van der Waals surface area contributed by atoms with Crippen LogP contribution in [-0.2, 0) is 16.4 Å². The zero-order valence-corrected chi connectivity index (χ0v) is 20.2. The van der Waals surface area contributed by atoms with Crippen LogP contribution >= 0.6 is 24.0 Å². The molecule has 0 aromatic carbocycles. The summed E-state index contributed by atoms with van der Waals surface area (Å²) in [6, 6.07) is 4.34. The monoisotopic (exact) mass is 536 g/mol. The number of furan rings is 1. The van der Waals surface area contributed by atoms with Crippen LogP contribution in [-0.4, -0.2) is 56.7 Å². The maximum atomic E-state index is 12.4. The summed E-state index contributed by atoms with van der Waals surface area (Å²) in [6.45, 7) is 4.12. The van der Waals surface area contributed by atoms with E-state index in [1.165, 1.54) is 25.7 Å². The van der Waals surface area contributed by atoms with Crippen molar-refractivity contribution >= 4 is 40.0 Å². The molecule has 2 aliphatic carbocycles. The Bertz CT molecular complexity index is 784. The number of aliphatic imine (C=N–C) groups is 1. The Morgan fingerprint density at radius 2 is 2.17 bits per heavy atom. The smallest absolute Gasteiger partial charge is 0.216 e. The average Bonchev–Trinajstić information content (AvgIpc) is 3.44. The Morgan fingerprint density at radius 3 is 2.83 bits per heavy atom. The van der Waals surface area contributed by atoms with Gasteiger partial charge in [0.2, 0.25) is 10.0 Å². The van der Waals surface area contributed by atoms with E-state index in [1.54, 1.807) is 6.26 Å². The number of nitrogens with one attached hydrogen (secondary N) is 2. The van der Waals surface area contributed by atoms with E-state index in [9.17, 15) is 8.42 Å². The van der Waals surface area contributed by atoms with Crippen molar-refractivity contribution in [3.05, 3.63) is 24.2 Å². The standard InChI is InChI=1S/C20H32N4O3S.HI/c1-2-22-28(25,26)18-8-10-24(14-18)20(21-9-7-17-4-3-11-27-17)23-19-13-15-5-6-16(19)12-15;/h3-4,11,15-16,18-19,22H,2,5-10,12-14H2,1H3,(H,21,23);1H. The van der Waals surface area contributed by atoms with Gasteiger partial charge in [-0.15, -0.1) is 24.0 Å². The molecule has 4 rings (SSSR count). The minimum atomic E-state index is -3.26. The van der Waals surface area contributed by atoms with Gasteiger partial charge < -0.3 is 14.6 Å². The fraction of sp³-hybridized carbons (Fsp3) is 0.750. The van der Waals surface area contributed by atoms with Gasteiger partial charge in [0.1, 0.15) is 5.76 Å². The first kappa shape index (κ1) is 22.9. The average molecular weight is 536 g/mol. The Balaban J connectivity index is 0.00000240. The van der Waals surface area contributed by atoms with Crippen LogP contribution in [0.3, 0.4) is 0 Å². The number of hydrogen-bond acceptors (Lipinski definition) is 4. The SMILES string of the molecule is CCNS(=O)(=O)C1CCN(C(=NCCc2ccco2)NC2CC3CCC2C3)C1.I. The Hall–Kier alpha value is -0.810. The number of fused-ring (bicyclic) bond motifs is 2. The number of sulfonamides is 1. The number of halogens is 1. The molecule has 7 nitrogen and oxygen atoms in total. The van der Waals surface area contributed by atoms with Crippen LogP contribution in [0, 0.1) is 11.8 Å². The third-order valence-corrected chi connectivity index (χ3v) is 8.43. The number of rotatable bonds is 7. The Kier molecular flexibility index (Phi) is 7.88. The highest BCUT2D eigenvalue weighted by Crippen LogP contribution is 2.44. The van der Waals surface area contributed by atoms with E-state index in [-0.39, 0.29) is 29.2 Å². The van der Waals surface area contributed by atoms with Crippen molar-refractivity contribution < 1.29 is 12.8 Å². The molecule has 29 heavy (non-hydrogen) atoms. The third kappa shape index (κ3) is 5.46. The molecule has 0 amide bonds. The van der Waals surface area contributed by atoms with Gasteiger partial charge in [-0.25, -0.2) is 13.1 Å². The van der Waals surface area contributed by atoms with Crippen molar-refractivity contribution in [2.75, 3.05) is 26.2 Å². The third-order valence-electron chi connectivity index (χ3n) is 6.48. The van der Waals surface area contributed by atoms with Gasteiger partial charge in [0.25, 0.3) is 0 Å². The molecule has 4 atom stereocenters. The van der Waals surface area contributed by atoms with Crippen molar-refractivity contribution in [3.8, 4) is 0 Å². The van der Waals surface area contributed by atoms with Crippen LogP contribution in [0.5, 0.6) is 0 Å². The summed E-state index contributed by atoms with van der Waals surface area (Å²) in [7, 11) is -3.26. The molecule has 2 bridgehead atoms. The van der Waals surface area contributed by atoms with E-state index in [2.05, 4.69) is 14.9 Å². The molecule has 1 saturated heterocycles. The molecule has 9 heteroatoms. The maximum Gasteiger partial charge on any atom is 0.216 e. The molecule has 3 fully saturated rings. The predicted octanol–water partition coefficient (Wildman–Crippen LogP) is 2.59. The fourth-order valence-corrected chi connectivity index (χ4v) is 6.47. The molecule has 2 saturated carbocycles. The lowest BCUT2D eigenvalue weighted by Crippen LogP contribution is -2.48. The normalized spacial score (nSPS) is 29.3. The highest BCUT2D eigenvalue weighted by Gasteiger charge is 2.41. The van der Waals surface area contributed by atoms with Crippen molar-refractivity contribution in [3.63, 3.8) is 0 Å². The van der Waals surface area contributed by atoms with Gasteiger partial charge in [0, 0.05) is 38.6 Å². The highest BCUT2D eigenvalue weighted by atomic mass is 127. The van der Waals surface area contributed by atoms with Crippen molar-refractivity contribution in [1.29, 1.82) is 0 Å².